The van der Waals surface area contributed by atoms with Gasteiger partial charge in [-0.1, -0.05) is 86.8 Å². The average molecular weight is 450 g/mol. The summed E-state index contributed by atoms with van der Waals surface area (Å²) in [5.41, 5.74) is 2.42. The van der Waals surface area contributed by atoms with E-state index in [1.165, 1.54) is 12.0 Å². The van der Waals surface area contributed by atoms with E-state index in [2.05, 4.69) is 36.1 Å². The summed E-state index contributed by atoms with van der Waals surface area (Å²) in [7, 11) is 0. The minimum absolute atomic E-state index is 0.159. The topological polar surface area (TPSA) is 43.9 Å². The third-order valence-corrected chi connectivity index (χ3v) is 6.38. The van der Waals surface area contributed by atoms with Crippen LogP contribution >= 0.6 is 0 Å². The number of benzene rings is 2. The van der Waals surface area contributed by atoms with Crippen molar-refractivity contribution >= 4 is 11.8 Å². The monoisotopic (exact) mass is 449 g/mol. The fourth-order valence-electron chi connectivity index (χ4n) is 4.34. The van der Waals surface area contributed by atoms with Crippen LogP contribution < -0.4 is 0 Å². The quantitative estimate of drug-likeness (QED) is 0.441. The lowest BCUT2D eigenvalue weighted by Gasteiger charge is -2.35. The second-order valence-electron chi connectivity index (χ2n) is 9.00. The molecular weight excluding hydrogens is 410 g/mol. The summed E-state index contributed by atoms with van der Waals surface area (Å²) in [5.74, 6) is 0.321. The molecule has 0 bridgehead atoms. The molecule has 1 fully saturated rings. The Hall–Kier alpha value is -2.66. The van der Waals surface area contributed by atoms with Gasteiger partial charge >= 0.3 is 0 Å². The zero-order valence-corrected chi connectivity index (χ0v) is 20.1. The number of amides is 2. The molecule has 1 saturated heterocycles. The van der Waals surface area contributed by atoms with Crippen molar-refractivity contribution in [2.24, 2.45) is 0 Å². The van der Waals surface area contributed by atoms with Crippen molar-refractivity contribution in [1.82, 2.24) is 14.7 Å². The molecule has 1 heterocycles. The van der Waals surface area contributed by atoms with Crippen molar-refractivity contribution in [3.8, 4) is 0 Å². The Morgan fingerprint density at radius 2 is 1.42 bits per heavy atom. The summed E-state index contributed by atoms with van der Waals surface area (Å²) >= 11 is 0. The Morgan fingerprint density at radius 1 is 0.788 bits per heavy atom. The fourth-order valence-corrected chi connectivity index (χ4v) is 4.34. The maximum atomic E-state index is 12.9. The highest BCUT2D eigenvalue weighted by molar-refractivity contribution is 5.79. The Kier molecular flexibility index (Phi) is 10.4. The molecule has 3 rings (SSSR count). The van der Waals surface area contributed by atoms with Gasteiger partial charge in [-0.05, 0) is 17.5 Å². The second kappa shape index (κ2) is 13.8. The highest BCUT2D eigenvalue weighted by Crippen LogP contribution is 2.13. The molecular formula is C28H39N3O2. The molecule has 0 radical (unpaired) electrons. The van der Waals surface area contributed by atoms with Gasteiger partial charge in [-0.25, -0.2) is 0 Å². The number of carbonyl (C=O) groups excluding carboxylic acids is 2. The van der Waals surface area contributed by atoms with Crippen molar-refractivity contribution in [1.29, 1.82) is 0 Å². The standard InChI is InChI=1S/C28H39N3O2/c1-2-3-4-11-16-27(32)31(24-26-14-9-6-10-15-26)18-17-28(33)30-21-19-29(20-22-30)23-25-12-7-5-8-13-25/h5-10,12-15H,2-4,11,16-24H2,1H3. The Bertz CT molecular complexity index is 833. The summed E-state index contributed by atoms with van der Waals surface area (Å²) in [6.45, 7) is 7.48. The minimum Gasteiger partial charge on any atom is -0.340 e. The molecule has 33 heavy (non-hydrogen) atoms. The summed E-state index contributed by atoms with van der Waals surface area (Å²) in [6, 6.07) is 20.6. The van der Waals surface area contributed by atoms with Crippen LogP contribution in [0.4, 0.5) is 0 Å². The number of nitrogens with zero attached hydrogens (tertiary/aromatic N) is 3. The van der Waals surface area contributed by atoms with E-state index in [0.29, 0.717) is 25.9 Å². The van der Waals surface area contributed by atoms with Gasteiger partial charge in [0.05, 0.1) is 0 Å². The second-order valence-corrected chi connectivity index (χ2v) is 9.00. The predicted octanol–water partition coefficient (Wildman–Crippen LogP) is 4.72. The van der Waals surface area contributed by atoms with Crippen LogP contribution in [0.3, 0.4) is 0 Å². The molecule has 0 atom stereocenters. The molecule has 178 valence electrons. The highest BCUT2D eigenvalue weighted by Gasteiger charge is 2.22. The van der Waals surface area contributed by atoms with Crippen LogP contribution in [0.1, 0.15) is 56.6 Å². The molecule has 0 N–H and O–H groups in total. The molecule has 1 aliphatic heterocycles. The van der Waals surface area contributed by atoms with E-state index in [-0.39, 0.29) is 11.8 Å². The van der Waals surface area contributed by atoms with E-state index in [4.69, 9.17) is 0 Å². The van der Waals surface area contributed by atoms with Crippen molar-refractivity contribution in [3.63, 3.8) is 0 Å². The fraction of sp³-hybridized carbons (Fsp3) is 0.500. The Balaban J connectivity index is 1.47. The van der Waals surface area contributed by atoms with Crippen molar-refractivity contribution in [2.75, 3.05) is 32.7 Å². The lowest BCUT2D eigenvalue weighted by molar-refractivity contribution is -0.136. The minimum atomic E-state index is 0.159. The molecule has 2 amide bonds. The number of carbonyl (C=O) groups is 2. The number of piperazine rings is 1. The number of unbranched alkanes of at least 4 members (excludes halogenated alkanes) is 3. The number of hydrogen-bond donors (Lipinski definition) is 0. The van der Waals surface area contributed by atoms with E-state index < -0.39 is 0 Å². The summed E-state index contributed by atoms with van der Waals surface area (Å²) in [5, 5.41) is 0. The van der Waals surface area contributed by atoms with Crippen LogP contribution in [0.5, 0.6) is 0 Å². The van der Waals surface area contributed by atoms with Gasteiger partial charge in [-0.2, -0.15) is 0 Å². The van der Waals surface area contributed by atoms with Gasteiger partial charge in [0.2, 0.25) is 11.8 Å². The van der Waals surface area contributed by atoms with Gasteiger partial charge in [0, 0.05) is 58.7 Å². The maximum absolute atomic E-state index is 12.9. The van der Waals surface area contributed by atoms with Crippen LogP contribution in [0.2, 0.25) is 0 Å². The average Bonchev–Trinajstić information content (AvgIpc) is 2.86. The molecule has 0 aromatic heterocycles. The molecule has 2 aromatic carbocycles. The van der Waals surface area contributed by atoms with Gasteiger partial charge in [0.15, 0.2) is 0 Å². The van der Waals surface area contributed by atoms with E-state index in [9.17, 15) is 9.59 Å². The van der Waals surface area contributed by atoms with E-state index >= 15 is 0 Å². The first-order valence-corrected chi connectivity index (χ1v) is 12.5. The molecule has 1 aliphatic rings. The zero-order valence-electron chi connectivity index (χ0n) is 20.1. The molecule has 5 heteroatoms. The summed E-state index contributed by atoms with van der Waals surface area (Å²) in [4.78, 5) is 32.1. The normalized spacial score (nSPS) is 14.3. The smallest absolute Gasteiger partial charge is 0.224 e. The maximum Gasteiger partial charge on any atom is 0.224 e. The highest BCUT2D eigenvalue weighted by atomic mass is 16.2. The number of rotatable bonds is 12. The Labute approximate surface area is 199 Å². The molecule has 0 spiro atoms. The molecule has 0 aliphatic carbocycles. The van der Waals surface area contributed by atoms with Crippen LogP contribution in [0.15, 0.2) is 60.7 Å². The third kappa shape index (κ3) is 8.65. The first-order chi connectivity index (χ1) is 16.2. The van der Waals surface area contributed by atoms with Gasteiger partial charge in [0.1, 0.15) is 0 Å². The lowest BCUT2D eigenvalue weighted by Crippen LogP contribution is -2.49. The molecule has 2 aromatic rings. The predicted molar refractivity (Wildman–Crippen MR) is 134 cm³/mol. The van der Waals surface area contributed by atoms with Gasteiger partial charge in [-0.15, -0.1) is 0 Å². The van der Waals surface area contributed by atoms with Gasteiger partial charge in [0.25, 0.3) is 0 Å². The van der Waals surface area contributed by atoms with Crippen LogP contribution in [0, 0.1) is 0 Å². The lowest BCUT2D eigenvalue weighted by atomic mass is 10.1. The van der Waals surface area contributed by atoms with Crippen LogP contribution in [-0.2, 0) is 22.7 Å². The number of hydrogen-bond acceptors (Lipinski definition) is 3. The zero-order chi connectivity index (χ0) is 23.3. The summed E-state index contributed by atoms with van der Waals surface area (Å²) in [6.07, 6.45) is 5.31. The first-order valence-electron chi connectivity index (χ1n) is 12.5. The third-order valence-electron chi connectivity index (χ3n) is 6.38. The van der Waals surface area contributed by atoms with Crippen molar-refractivity contribution < 1.29 is 9.59 Å². The molecule has 0 saturated carbocycles. The van der Waals surface area contributed by atoms with Crippen LogP contribution in [-0.4, -0.2) is 59.2 Å². The van der Waals surface area contributed by atoms with E-state index in [1.54, 1.807) is 0 Å². The van der Waals surface area contributed by atoms with E-state index in [0.717, 1.165) is 57.5 Å². The van der Waals surface area contributed by atoms with Crippen molar-refractivity contribution in [2.45, 2.75) is 58.5 Å². The van der Waals surface area contributed by atoms with Crippen molar-refractivity contribution in [3.05, 3.63) is 71.8 Å². The van der Waals surface area contributed by atoms with Crippen LogP contribution in [0.25, 0.3) is 0 Å². The summed E-state index contributed by atoms with van der Waals surface area (Å²) < 4.78 is 0. The van der Waals surface area contributed by atoms with E-state index in [1.807, 2.05) is 46.2 Å². The largest absolute Gasteiger partial charge is 0.340 e. The van der Waals surface area contributed by atoms with Gasteiger partial charge < -0.3 is 9.80 Å². The molecule has 5 nitrogen and oxygen atoms in total. The Morgan fingerprint density at radius 3 is 2.06 bits per heavy atom. The molecule has 0 unspecified atom stereocenters. The SMILES string of the molecule is CCCCCCC(=O)N(CCC(=O)N1CCN(Cc2ccccc2)CC1)Cc1ccccc1. The first kappa shape index (κ1) is 25.0. The van der Waals surface area contributed by atoms with Gasteiger partial charge in [-0.3, -0.25) is 14.5 Å².